The summed E-state index contributed by atoms with van der Waals surface area (Å²) in [5, 5.41) is 2.25. The maximum atomic E-state index is 6.39. The first-order chi connectivity index (χ1) is 31.2. The van der Waals surface area contributed by atoms with Gasteiger partial charge in [0.25, 0.3) is 0 Å². The number of aromatic nitrogens is 2. The second-order valence-corrected chi connectivity index (χ2v) is 17.5. The van der Waals surface area contributed by atoms with E-state index in [0.717, 1.165) is 72.3 Å². The molecule has 1 spiro atoms. The quantitative estimate of drug-likeness (QED) is 0.173. The second-order valence-electron chi connectivity index (χ2n) is 16.4. The summed E-state index contributed by atoms with van der Waals surface area (Å²) in [6.07, 6.45) is 0. The molecule has 294 valence electrons. The average molecular weight is 821 g/mol. The van der Waals surface area contributed by atoms with Crippen LogP contribution in [0.1, 0.15) is 22.3 Å². The van der Waals surface area contributed by atoms with Gasteiger partial charge in [-0.25, -0.2) is 9.97 Å². The number of hydrogen-bond donors (Lipinski definition) is 0. The molecule has 0 atom stereocenters. The van der Waals surface area contributed by atoms with Crippen LogP contribution in [0.4, 0.5) is 0 Å². The van der Waals surface area contributed by atoms with E-state index in [1.807, 2.05) is 30.0 Å². The lowest BCUT2D eigenvalue weighted by Crippen LogP contribution is -2.31. The minimum absolute atomic E-state index is 0.397. The molecule has 3 heterocycles. The van der Waals surface area contributed by atoms with Crippen molar-refractivity contribution in [2.45, 2.75) is 15.2 Å². The van der Waals surface area contributed by atoms with E-state index in [9.17, 15) is 0 Å². The third-order valence-corrected chi connectivity index (χ3v) is 14.1. The van der Waals surface area contributed by atoms with Crippen molar-refractivity contribution in [2.75, 3.05) is 0 Å². The summed E-state index contributed by atoms with van der Waals surface area (Å²) in [6.45, 7) is 0. The minimum Gasteiger partial charge on any atom is -0.455 e. The molecule has 11 aromatic rings. The van der Waals surface area contributed by atoms with Crippen LogP contribution in [0, 0.1) is 0 Å². The Morgan fingerprint density at radius 3 is 1.68 bits per heavy atom. The molecule has 0 unspecified atom stereocenters. The summed E-state index contributed by atoms with van der Waals surface area (Å²) < 4.78 is 6.39. The molecular formula is C59H36N2OS. The Balaban J connectivity index is 0.906. The zero-order valence-electron chi connectivity index (χ0n) is 34.0. The number of hydrogen-bond acceptors (Lipinski definition) is 4. The molecule has 0 saturated carbocycles. The number of furan rings is 1. The lowest BCUT2D eigenvalue weighted by atomic mass is 9.67. The van der Waals surface area contributed by atoms with Crippen LogP contribution in [0.15, 0.2) is 233 Å². The van der Waals surface area contributed by atoms with Gasteiger partial charge in [-0.05, 0) is 80.4 Å². The second kappa shape index (κ2) is 14.1. The number of benzene rings is 9. The highest BCUT2D eigenvalue weighted by atomic mass is 32.2. The summed E-state index contributed by atoms with van der Waals surface area (Å²) >= 11 is 1.87. The third kappa shape index (κ3) is 5.55. The number of para-hydroxylation sites is 2. The molecule has 0 saturated heterocycles. The van der Waals surface area contributed by atoms with Crippen LogP contribution in [0.3, 0.4) is 0 Å². The Morgan fingerprint density at radius 2 is 0.889 bits per heavy atom. The monoisotopic (exact) mass is 820 g/mol. The van der Waals surface area contributed by atoms with Gasteiger partial charge in [0, 0.05) is 42.8 Å². The first-order valence-corrected chi connectivity index (χ1v) is 22.2. The lowest BCUT2D eigenvalue weighted by molar-refractivity contribution is 0.670. The Hall–Kier alpha value is -7.79. The Bertz CT molecular complexity index is 3560. The zero-order valence-corrected chi connectivity index (χ0v) is 34.8. The highest BCUT2D eigenvalue weighted by molar-refractivity contribution is 7.99. The van der Waals surface area contributed by atoms with Gasteiger partial charge in [0.1, 0.15) is 11.2 Å². The van der Waals surface area contributed by atoms with Gasteiger partial charge in [-0.15, -0.1) is 0 Å². The van der Waals surface area contributed by atoms with Crippen molar-refractivity contribution in [1.82, 2.24) is 9.97 Å². The van der Waals surface area contributed by atoms with Crippen molar-refractivity contribution >= 4 is 33.7 Å². The Kier molecular flexibility index (Phi) is 8.06. The first-order valence-electron chi connectivity index (χ1n) is 21.4. The fourth-order valence-electron chi connectivity index (χ4n) is 10.2. The predicted molar refractivity (Wildman–Crippen MR) is 258 cm³/mol. The molecule has 9 aromatic carbocycles. The summed E-state index contributed by atoms with van der Waals surface area (Å²) in [6, 6.07) is 78.4. The van der Waals surface area contributed by atoms with Crippen LogP contribution in [-0.4, -0.2) is 9.97 Å². The molecule has 2 aliphatic rings. The first kappa shape index (κ1) is 35.9. The molecule has 4 heteroatoms. The molecular weight excluding hydrogens is 785 g/mol. The molecule has 0 amide bonds. The van der Waals surface area contributed by atoms with E-state index in [4.69, 9.17) is 14.4 Å². The van der Waals surface area contributed by atoms with Crippen LogP contribution < -0.4 is 0 Å². The van der Waals surface area contributed by atoms with E-state index in [1.165, 1.54) is 43.2 Å². The number of fused-ring (bicyclic) bond motifs is 12. The van der Waals surface area contributed by atoms with Crippen LogP contribution in [-0.2, 0) is 5.41 Å². The van der Waals surface area contributed by atoms with Crippen LogP contribution in [0.2, 0.25) is 0 Å². The largest absolute Gasteiger partial charge is 0.455 e. The molecule has 0 bridgehead atoms. The average Bonchev–Trinajstić information content (AvgIpc) is 3.88. The normalized spacial score (nSPS) is 13.1. The third-order valence-electron chi connectivity index (χ3n) is 13.0. The number of nitrogens with zero attached hydrogens (tertiary/aromatic N) is 2. The highest BCUT2D eigenvalue weighted by Crippen LogP contribution is 2.62. The Labute approximate surface area is 369 Å². The molecule has 2 aromatic heterocycles. The fourth-order valence-corrected chi connectivity index (χ4v) is 11.4. The van der Waals surface area contributed by atoms with Gasteiger partial charge in [0.05, 0.1) is 16.8 Å². The van der Waals surface area contributed by atoms with Gasteiger partial charge in [0.2, 0.25) is 0 Å². The van der Waals surface area contributed by atoms with Crippen molar-refractivity contribution in [2.24, 2.45) is 0 Å². The van der Waals surface area contributed by atoms with E-state index in [1.54, 1.807) is 0 Å². The standard InChI is InChI=1S/C59H36N2OS/c1-2-14-38(15-3-1)52-36-53(39-30-28-37(29-31-39)43-21-13-22-47-46-20-6-10-26-54(46)62-57(43)47)61-58(60-52)42-17-12-16-40(34-42)41-32-33-51-56(35-41)63-55-27-11-9-25-50(55)59(51)48-23-7-4-18-44(48)45-19-5-8-24-49(45)59/h1-36H. The van der Waals surface area contributed by atoms with Crippen molar-refractivity contribution in [1.29, 1.82) is 0 Å². The Morgan fingerprint density at radius 1 is 0.349 bits per heavy atom. The van der Waals surface area contributed by atoms with Crippen LogP contribution in [0.5, 0.6) is 0 Å². The zero-order chi connectivity index (χ0) is 41.5. The van der Waals surface area contributed by atoms with Gasteiger partial charge < -0.3 is 4.42 Å². The smallest absolute Gasteiger partial charge is 0.160 e. The molecule has 1 aliphatic heterocycles. The van der Waals surface area contributed by atoms with E-state index >= 15 is 0 Å². The maximum absolute atomic E-state index is 6.39. The van der Waals surface area contributed by atoms with Gasteiger partial charge in [-0.2, -0.15) is 0 Å². The van der Waals surface area contributed by atoms with Gasteiger partial charge in [-0.1, -0.05) is 200 Å². The predicted octanol–water partition coefficient (Wildman–Crippen LogP) is 15.5. The van der Waals surface area contributed by atoms with Crippen LogP contribution in [0.25, 0.3) is 89.2 Å². The van der Waals surface area contributed by atoms with E-state index in [2.05, 4.69) is 200 Å². The van der Waals surface area contributed by atoms with E-state index in [-0.39, 0.29) is 0 Å². The topological polar surface area (TPSA) is 38.9 Å². The molecule has 3 nitrogen and oxygen atoms in total. The van der Waals surface area contributed by atoms with E-state index in [0.29, 0.717) is 5.82 Å². The molecule has 13 rings (SSSR count). The van der Waals surface area contributed by atoms with E-state index < -0.39 is 5.41 Å². The van der Waals surface area contributed by atoms with Crippen LogP contribution >= 0.6 is 11.8 Å². The lowest BCUT2D eigenvalue weighted by Gasteiger charge is -2.39. The summed E-state index contributed by atoms with van der Waals surface area (Å²) in [4.78, 5) is 13.0. The maximum Gasteiger partial charge on any atom is 0.160 e. The van der Waals surface area contributed by atoms with Crippen molar-refractivity contribution in [3.8, 4) is 67.3 Å². The van der Waals surface area contributed by atoms with Gasteiger partial charge >= 0.3 is 0 Å². The van der Waals surface area contributed by atoms with Crippen molar-refractivity contribution < 1.29 is 4.42 Å². The highest BCUT2D eigenvalue weighted by Gasteiger charge is 2.50. The molecule has 63 heavy (non-hydrogen) atoms. The SMILES string of the molecule is c1ccc(-c2cc(-c3ccc(-c4cccc5c4oc4ccccc45)cc3)nc(-c3cccc(-c4ccc5c(c4)Sc4ccccc4C54c5ccccc5-c5ccccc54)c3)n2)cc1. The molecule has 1 aliphatic carbocycles. The fraction of sp³-hybridized carbons (Fsp3) is 0.0169. The summed E-state index contributed by atoms with van der Waals surface area (Å²) in [7, 11) is 0. The number of rotatable bonds is 5. The van der Waals surface area contributed by atoms with Gasteiger partial charge in [-0.3, -0.25) is 0 Å². The van der Waals surface area contributed by atoms with Crippen molar-refractivity contribution in [3.05, 3.63) is 241 Å². The molecule has 0 radical (unpaired) electrons. The van der Waals surface area contributed by atoms with Crippen molar-refractivity contribution in [3.63, 3.8) is 0 Å². The molecule has 0 fully saturated rings. The summed E-state index contributed by atoms with van der Waals surface area (Å²) in [5.41, 5.74) is 18.6. The minimum atomic E-state index is -0.397. The summed E-state index contributed by atoms with van der Waals surface area (Å²) in [5.74, 6) is 0.684. The van der Waals surface area contributed by atoms with Gasteiger partial charge in [0.15, 0.2) is 5.82 Å². The molecule has 0 N–H and O–H groups in total.